The van der Waals surface area contributed by atoms with E-state index in [0.717, 1.165) is 18.6 Å². The summed E-state index contributed by atoms with van der Waals surface area (Å²) in [6.45, 7) is 1.86. The monoisotopic (exact) mass is 540 g/mol. The molecule has 16 heteroatoms. The quantitative estimate of drug-likeness (QED) is 0.223. The maximum absolute atomic E-state index is 15.7. The number of nitrogen functional groups attached to an aromatic ring is 1. The molecule has 0 radical (unpaired) electrons. The smallest absolute Gasteiger partial charge is 0.459 e. The Kier molecular flexibility index (Phi) is 7.35. The van der Waals surface area contributed by atoms with Gasteiger partial charge in [0.2, 0.25) is 0 Å². The van der Waals surface area contributed by atoms with Crippen LogP contribution in [0.2, 0.25) is 0 Å². The van der Waals surface area contributed by atoms with Gasteiger partial charge in [0.15, 0.2) is 17.5 Å². The van der Waals surface area contributed by atoms with E-state index < -0.39 is 56.2 Å². The van der Waals surface area contributed by atoms with E-state index in [9.17, 15) is 19.3 Å². The van der Waals surface area contributed by atoms with Gasteiger partial charge in [-0.2, -0.15) is 10.1 Å². The number of esters is 1. The fourth-order valence-corrected chi connectivity index (χ4v) is 5.33. The fourth-order valence-electron chi connectivity index (χ4n) is 3.82. The number of rotatable bonds is 9. The van der Waals surface area contributed by atoms with E-state index in [-0.39, 0.29) is 22.7 Å². The molecule has 0 saturated carbocycles. The van der Waals surface area contributed by atoms with Crippen molar-refractivity contribution in [3.8, 4) is 5.75 Å². The summed E-state index contributed by atoms with van der Waals surface area (Å²) >= 11 is 0. The molecule has 1 aromatic carbocycles. The second-order valence-corrected chi connectivity index (χ2v) is 10.2. The van der Waals surface area contributed by atoms with Crippen molar-refractivity contribution in [3.63, 3.8) is 0 Å². The van der Waals surface area contributed by atoms with Crippen molar-refractivity contribution in [3.05, 3.63) is 47.1 Å². The van der Waals surface area contributed by atoms with Crippen molar-refractivity contribution in [2.75, 3.05) is 19.5 Å². The largest absolute Gasteiger partial charge is 0.468 e. The van der Waals surface area contributed by atoms with Gasteiger partial charge in [0.25, 0.3) is 0 Å². The molecule has 2 unspecified atom stereocenters. The van der Waals surface area contributed by atoms with Gasteiger partial charge >= 0.3 is 19.4 Å². The van der Waals surface area contributed by atoms with Crippen LogP contribution in [0, 0.1) is 0 Å². The molecular weight excluding hydrogens is 514 g/mol. The number of hydrogen-bond donors (Lipinski definition) is 4. The number of nitrogens with zero attached hydrogens (tertiary/aromatic N) is 3. The zero-order valence-electron chi connectivity index (χ0n) is 20.0. The Morgan fingerprint density at radius 1 is 1.43 bits per heavy atom. The maximum atomic E-state index is 15.7. The van der Waals surface area contributed by atoms with Crippen LogP contribution >= 0.6 is 7.75 Å². The molecule has 0 spiro atoms. The Hall–Kier alpha value is -3.36. The lowest BCUT2D eigenvalue weighted by atomic mass is 9.98. The van der Waals surface area contributed by atoms with E-state index in [4.69, 9.17) is 19.5 Å². The van der Waals surface area contributed by atoms with E-state index in [1.807, 2.05) is 0 Å². The molecule has 37 heavy (non-hydrogen) atoms. The highest BCUT2D eigenvalue weighted by molar-refractivity contribution is 7.52. The minimum atomic E-state index is -4.28. The summed E-state index contributed by atoms with van der Waals surface area (Å²) in [4.78, 5) is 33.8. The van der Waals surface area contributed by atoms with Gasteiger partial charge in [-0.1, -0.05) is 18.2 Å². The van der Waals surface area contributed by atoms with Gasteiger partial charge < -0.3 is 24.8 Å². The zero-order chi connectivity index (χ0) is 27.0. The SMILES string of the molecule is COC(=O)[C@H](C)NP(=O)(OC[C@H]1O[C@@H](n2cnc3c(N)[nH]c(=O)nc32)C(C)(F)[C@@H]1O)Oc1ccccc1. The van der Waals surface area contributed by atoms with Crippen LogP contribution in [0.1, 0.15) is 20.1 Å². The number of para-hydroxylation sites is 1. The Morgan fingerprint density at radius 2 is 2.14 bits per heavy atom. The number of aromatic amines is 1. The highest BCUT2D eigenvalue weighted by Crippen LogP contribution is 2.48. The molecule has 1 fully saturated rings. The van der Waals surface area contributed by atoms with E-state index >= 15 is 4.39 Å². The first-order valence-corrected chi connectivity index (χ1v) is 12.6. The average molecular weight is 540 g/mol. The van der Waals surface area contributed by atoms with Crippen molar-refractivity contribution < 1.29 is 37.4 Å². The second kappa shape index (κ2) is 10.2. The molecule has 1 aliphatic heterocycles. The van der Waals surface area contributed by atoms with Gasteiger partial charge in [-0.15, -0.1) is 0 Å². The van der Waals surface area contributed by atoms with Crippen molar-refractivity contribution >= 4 is 30.7 Å². The second-order valence-electron chi connectivity index (χ2n) is 8.47. The van der Waals surface area contributed by atoms with E-state index in [1.165, 1.54) is 25.4 Å². The number of ether oxygens (including phenoxy) is 2. The summed E-state index contributed by atoms with van der Waals surface area (Å²) in [6, 6.07) is 6.91. The Morgan fingerprint density at radius 3 is 2.81 bits per heavy atom. The van der Waals surface area contributed by atoms with Crippen LogP contribution in [0.4, 0.5) is 10.2 Å². The lowest BCUT2D eigenvalue weighted by molar-refractivity contribution is -0.142. The third-order valence-electron chi connectivity index (χ3n) is 5.73. The first kappa shape index (κ1) is 26.7. The summed E-state index contributed by atoms with van der Waals surface area (Å²) in [5.74, 6) is -0.643. The standard InChI is InChI=1S/C21H26FN6O8P/c1-11(18(30)33-3)27-37(32,36-12-7-5-4-6-8-12)34-9-13-15(29)21(2,22)19(35-13)28-10-24-14-16(23)25-20(31)26-17(14)28/h4-8,10-11,13,15,19,29H,9H2,1-3H3,(H,27,32)(H3,23,25,26,31)/t11-,13+,15+,19+,21?,37?/m0/s1. The Labute approximate surface area is 209 Å². The molecule has 2 aromatic heterocycles. The summed E-state index contributed by atoms with van der Waals surface area (Å²) in [7, 11) is -3.12. The number of halogens is 1. The number of nitrogens with two attached hydrogens (primary N) is 1. The maximum Gasteiger partial charge on any atom is 0.459 e. The molecule has 1 saturated heterocycles. The van der Waals surface area contributed by atoms with E-state index in [0.29, 0.717) is 0 Å². The molecule has 6 atom stereocenters. The normalized spacial score (nSPS) is 26.0. The van der Waals surface area contributed by atoms with Gasteiger partial charge in [-0.3, -0.25) is 18.9 Å². The lowest BCUT2D eigenvalue weighted by Crippen LogP contribution is -2.41. The number of carbonyl (C=O) groups excluding carboxylic acids is 1. The zero-order valence-corrected chi connectivity index (χ0v) is 20.9. The minimum Gasteiger partial charge on any atom is -0.468 e. The van der Waals surface area contributed by atoms with Gasteiger partial charge in [0.05, 0.1) is 20.0 Å². The van der Waals surface area contributed by atoms with E-state index in [1.54, 1.807) is 18.2 Å². The number of imidazole rings is 1. The summed E-state index contributed by atoms with van der Waals surface area (Å²) in [6.07, 6.45) is -3.44. The molecule has 0 amide bonds. The Balaban J connectivity index is 1.57. The van der Waals surface area contributed by atoms with Crippen molar-refractivity contribution in [2.24, 2.45) is 0 Å². The number of fused-ring (bicyclic) bond motifs is 1. The molecule has 0 bridgehead atoms. The lowest BCUT2D eigenvalue weighted by Gasteiger charge is -2.25. The predicted octanol–water partition coefficient (Wildman–Crippen LogP) is 1.04. The molecular formula is C21H26FN6O8P. The van der Waals surface area contributed by atoms with Gasteiger partial charge in [-0.25, -0.2) is 18.7 Å². The number of anilines is 1. The number of benzene rings is 1. The molecule has 3 aromatic rings. The van der Waals surface area contributed by atoms with Gasteiger partial charge in [-0.05, 0) is 26.0 Å². The number of aliphatic hydroxyl groups excluding tert-OH is 1. The molecule has 200 valence electrons. The Bertz CT molecular complexity index is 1380. The molecule has 0 aliphatic carbocycles. The van der Waals surface area contributed by atoms with Crippen LogP contribution in [0.15, 0.2) is 41.5 Å². The number of alkyl halides is 1. The van der Waals surface area contributed by atoms with Crippen LogP contribution < -0.4 is 21.0 Å². The highest BCUT2D eigenvalue weighted by Gasteiger charge is 2.56. The third-order valence-corrected chi connectivity index (χ3v) is 7.37. The molecule has 1 aliphatic rings. The molecule has 5 N–H and O–H groups in total. The van der Waals surface area contributed by atoms with Crippen LogP contribution in [0.25, 0.3) is 11.2 Å². The van der Waals surface area contributed by atoms with Gasteiger partial charge in [0.1, 0.15) is 35.3 Å². The highest BCUT2D eigenvalue weighted by atomic mass is 31.2. The third kappa shape index (κ3) is 5.36. The van der Waals surface area contributed by atoms with Crippen molar-refractivity contribution in [1.29, 1.82) is 0 Å². The van der Waals surface area contributed by atoms with Crippen molar-refractivity contribution in [2.45, 2.75) is 44.0 Å². The van der Waals surface area contributed by atoms with E-state index in [2.05, 4.69) is 24.8 Å². The number of nitrogens with one attached hydrogen (secondary N) is 2. The minimum absolute atomic E-state index is 0.0597. The molecule has 14 nitrogen and oxygen atoms in total. The summed E-state index contributed by atoms with van der Waals surface area (Å²) in [5, 5.41) is 13.2. The van der Waals surface area contributed by atoms with Gasteiger partial charge in [0, 0.05) is 0 Å². The van der Waals surface area contributed by atoms with Crippen LogP contribution in [0.3, 0.4) is 0 Å². The first-order valence-electron chi connectivity index (χ1n) is 11.0. The van der Waals surface area contributed by atoms with Crippen LogP contribution in [-0.2, 0) is 23.4 Å². The first-order chi connectivity index (χ1) is 17.4. The average Bonchev–Trinajstić information content (AvgIpc) is 3.36. The summed E-state index contributed by atoms with van der Waals surface area (Å²) in [5.41, 5.74) is 2.61. The van der Waals surface area contributed by atoms with Crippen LogP contribution in [-0.4, -0.2) is 68.2 Å². The molecule has 4 rings (SSSR count). The topological polar surface area (TPSA) is 193 Å². The molecule has 3 heterocycles. The van der Waals surface area contributed by atoms with Crippen LogP contribution in [0.5, 0.6) is 5.75 Å². The number of hydrogen-bond acceptors (Lipinski definition) is 11. The number of methoxy groups -OCH3 is 1. The predicted molar refractivity (Wildman–Crippen MR) is 127 cm³/mol. The number of aliphatic hydroxyl groups is 1. The van der Waals surface area contributed by atoms with Crippen molar-refractivity contribution in [1.82, 2.24) is 24.6 Å². The number of H-pyrrole nitrogens is 1. The number of aromatic nitrogens is 4. The number of carbonyl (C=O) groups is 1. The summed E-state index contributed by atoms with van der Waals surface area (Å²) < 4.78 is 51.7. The fraction of sp³-hybridized carbons (Fsp3) is 0.429.